The molecule has 2 aromatic heterocycles. The van der Waals surface area contributed by atoms with E-state index in [4.69, 9.17) is 11.6 Å². The minimum atomic E-state index is 0.772. The summed E-state index contributed by atoms with van der Waals surface area (Å²) in [4.78, 5) is 0. The van der Waals surface area contributed by atoms with E-state index in [0.717, 1.165) is 29.2 Å². The highest BCUT2D eigenvalue weighted by molar-refractivity contribution is 6.34. The molecule has 3 nitrogen and oxygen atoms in total. The van der Waals surface area contributed by atoms with Crippen LogP contribution in [0.4, 0.5) is 0 Å². The zero-order valence-corrected chi connectivity index (χ0v) is 9.67. The van der Waals surface area contributed by atoms with Crippen LogP contribution in [0, 0.1) is 6.92 Å². The van der Waals surface area contributed by atoms with E-state index in [9.17, 15) is 0 Å². The summed E-state index contributed by atoms with van der Waals surface area (Å²) in [5, 5.41) is 8.30. The Morgan fingerprint density at radius 1 is 1.53 bits per heavy atom. The summed E-state index contributed by atoms with van der Waals surface area (Å²) in [6.45, 7) is 2.94. The van der Waals surface area contributed by atoms with Crippen LogP contribution in [-0.4, -0.2) is 23.2 Å². The third-order valence-electron chi connectivity index (χ3n) is 2.41. The van der Waals surface area contributed by atoms with Crippen LogP contribution in [0.15, 0.2) is 18.3 Å². The summed E-state index contributed by atoms with van der Waals surface area (Å²) in [6, 6.07) is 4.08. The highest BCUT2D eigenvalue weighted by Crippen LogP contribution is 2.22. The van der Waals surface area contributed by atoms with Gasteiger partial charge in [0.25, 0.3) is 0 Å². The maximum Gasteiger partial charge on any atom is 0.0896 e. The summed E-state index contributed by atoms with van der Waals surface area (Å²) >= 11 is 6.25. The van der Waals surface area contributed by atoms with Crippen molar-refractivity contribution in [2.75, 3.05) is 13.6 Å². The predicted molar refractivity (Wildman–Crippen MR) is 62.6 cm³/mol. The van der Waals surface area contributed by atoms with E-state index in [-0.39, 0.29) is 0 Å². The molecule has 0 aliphatic carbocycles. The van der Waals surface area contributed by atoms with Crippen molar-refractivity contribution in [3.63, 3.8) is 0 Å². The first-order valence-electron chi connectivity index (χ1n) is 5.00. The molecule has 0 saturated carbocycles. The van der Waals surface area contributed by atoms with Crippen molar-refractivity contribution in [1.82, 2.24) is 14.9 Å². The lowest BCUT2D eigenvalue weighted by atomic mass is 10.2. The standard InChI is InChI=1S/C11H14ClN3/c1-8-4-6-15-10(7-8)11(12)9(14-15)3-5-13-2/h4,6-7,13H,3,5H2,1-2H3. The molecule has 2 aromatic rings. The molecule has 0 aliphatic rings. The average molecular weight is 224 g/mol. The third-order valence-corrected chi connectivity index (χ3v) is 2.82. The average Bonchev–Trinajstić information content (AvgIpc) is 2.53. The highest BCUT2D eigenvalue weighted by Gasteiger charge is 2.09. The van der Waals surface area contributed by atoms with Gasteiger partial charge in [-0.1, -0.05) is 11.6 Å². The van der Waals surface area contributed by atoms with Crippen molar-refractivity contribution >= 4 is 17.1 Å². The van der Waals surface area contributed by atoms with Gasteiger partial charge in [0.2, 0.25) is 0 Å². The molecule has 0 bridgehead atoms. The number of nitrogens with zero attached hydrogens (tertiary/aromatic N) is 2. The van der Waals surface area contributed by atoms with Crippen LogP contribution in [0.2, 0.25) is 5.02 Å². The fourth-order valence-electron chi connectivity index (χ4n) is 1.57. The van der Waals surface area contributed by atoms with Gasteiger partial charge in [0.1, 0.15) is 0 Å². The quantitative estimate of drug-likeness (QED) is 0.863. The Morgan fingerprint density at radius 2 is 2.33 bits per heavy atom. The number of likely N-dealkylation sites (N-methyl/N-ethyl adjacent to an activating group) is 1. The number of nitrogens with one attached hydrogen (secondary N) is 1. The van der Waals surface area contributed by atoms with Crippen molar-refractivity contribution < 1.29 is 0 Å². The van der Waals surface area contributed by atoms with Crippen LogP contribution in [0.3, 0.4) is 0 Å². The van der Waals surface area contributed by atoms with E-state index in [2.05, 4.69) is 23.4 Å². The number of aryl methyl sites for hydroxylation is 1. The summed E-state index contributed by atoms with van der Waals surface area (Å²) in [5.41, 5.74) is 3.14. The minimum absolute atomic E-state index is 0.772. The van der Waals surface area contributed by atoms with E-state index < -0.39 is 0 Å². The van der Waals surface area contributed by atoms with Gasteiger partial charge in [0.05, 0.1) is 16.2 Å². The van der Waals surface area contributed by atoms with Crippen molar-refractivity contribution in [2.24, 2.45) is 0 Å². The number of hydrogen-bond acceptors (Lipinski definition) is 2. The van der Waals surface area contributed by atoms with E-state index in [1.807, 2.05) is 23.8 Å². The lowest BCUT2D eigenvalue weighted by Gasteiger charge is -1.94. The van der Waals surface area contributed by atoms with Gasteiger partial charge >= 0.3 is 0 Å². The fourth-order valence-corrected chi connectivity index (χ4v) is 1.85. The van der Waals surface area contributed by atoms with E-state index >= 15 is 0 Å². The Balaban J connectivity index is 2.45. The fraction of sp³-hybridized carbons (Fsp3) is 0.364. The monoisotopic (exact) mass is 223 g/mol. The number of aromatic nitrogens is 2. The molecule has 0 saturated heterocycles. The molecule has 0 aromatic carbocycles. The van der Waals surface area contributed by atoms with Gasteiger partial charge in [0.15, 0.2) is 0 Å². The van der Waals surface area contributed by atoms with E-state index in [0.29, 0.717) is 0 Å². The predicted octanol–water partition coefficient (Wildman–Crippen LogP) is 2.06. The van der Waals surface area contributed by atoms with Gasteiger partial charge in [-0.3, -0.25) is 0 Å². The van der Waals surface area contributed by atoms with Crippen LogP contribution in [0.5, 0.6) is 0 Å². The Kier molecular flexibility index (Phi) is 2.93. The lowest BCUT2D eigenvalue weighted by molar-refractivity contribution is 0.764. The first-order valence-corrected chi connectivity index (χ1v) is 5.38. The molecule has 80 valence electrons. The number of rotatable bonds is 3. The molecule has 1 N–H and O–H groups in total. The van der Waals surface area contributed by atoms with E-state index in [1.165, 1.54) is 5.56 Å². The molecular formula is C11H14ClN3. The number of halogens is 1. The van der Waals surface area contributed by atoms with Gasteiger partial charge in [0, 0.05) is 19.2 Å². The number of hydrogen-bond donors (Lipinski definition) is 1. The molecule has 0 aliphatic heterocycles. The second kappa shape index (κ2) is 4.21. The van der Waals surface area contributed by atoms with E-state index in [1.54, 1.807) is 0 Å². The van der Waals surface area contributed by atoms with Crippen molar-refractivity contribution in [1.29, 1.82) is 0 Å². The van der Waals surface area contributed by atoms with Gasteiger partial charge < -0.3 is 5.32 Å². The number of fused-ring (bicyclic) bond motifs is 1. The number of pyridine rings is 1. The molecule has 2 rings (SSSR count). The van der Waals surface area contributed by atoms with Gasteiger partial charge in [-0.05, 0) is 31.7 Å². The molecule has 0 atom stereocenters. The lowest BCUT2D eigenvalue weighted by Crippen LogP contribution is -2.10. The molecule has 2 heterocycles. The topological polar surface area (TPSA) is 29.3 Å². The SMILES string of the molecule is CNCCc1nn2ccc(C)cc2c1Cl. The molecular weight excluding hydrogens is 210 g/mol. The van der Waals surface area contributed by atoms with Gasteiger partial charge in [-0.2, -0.15) is 5.10 Å². The smallest absolute Gasteiger partial charge is 0.0896 e. The van der Waals surface area contributed by atoms with Crippen molar-refractivity contribution in [3.8, 4) is 0 Å². The maximum atomic E-state index is 6.25. The molecule has 15 heavy (non-hydrogen) atoms. The summed E-state index contributed by atoms with van der Waals surface area (Å²) < 4.78 is 1.83. The van der Waals surface area contributed by atoms with Crippen LogP contribution < -0.4 is 5.32 Å². The van der Waals surface area contributed by atoms with Crippen molar-refractivity contribution in [3.05, 3.63) is 34.6 Å². The Bertz CT molecular complexity index is 476. The second-order valence-electron chi connectivity index (χ2n) is 3.65. The molecule has 0 unspecified atom stereocenters. The molecule has 0 amide bonds. The first-order chi connectivity index (χ1) is 7.22. The van der Waals surface area contributed by atoms with Crippen LogP contribution >= 0.6 is 11.6 Å². The molecule has 0 radical (unpaired) electrons. The summed E-state index contributed by atoms with van der Waals surface area (Å²) in [6.07, 6.45) is 2.80. The normalized spacial score (nSPS) is 11.1. The zero-order chi connectivity index (χ0) is 10.8. The third kappa shape index (κ3) is 1.98. The Labute approximate surface area is 94.1 Å². The maximum absolute atomic E-state index is 6.25. The Morgan fingerprint density at radius 3 is 3.07 bits per heavy atom. The van der Waals surface area contributed by atoms with Crippen LogP contribution in [0.1, 0.15) is 11.3 Å². The van der Waals surface area contributed by atoms with Crippen molar-refractivity contribution in [2.45, 2.75) is 13.3 Å². The Hall–Kier alpha value is -1.06. The highest BCUT2D eigenvalue weighted by atomic mass is 35.5. The zero-order valence-electron chi connectivity index (χ0n) is 8.92. The van der Waals surface area contributed by atoms with Crippen LogP contribution in [-0.2, 0) is 6.42 Å². The summed E-state index contributed by atoms with van der Waals surface area (Å²) in [5.74, 6) is 0. The van der Waals surface area contributed by atoms with Gasteiger partial charge in [-0.25, -0.2) is 4.52 Å². The molecule has 0 fully saturated rings. The molecule has 0 spiro atoms. The minimum Gasteiger partial charge on any atom is -0.319 e. The first kappa shape index (κ1) is 10.5. The largest absolute Gasteiger partial charge is 0.319 e. The molecule has 4 heteroatoms. The second-order valence-corrected chi connectivity index (χ2v) is 4.03. The van der Waals surface area contributed by atoms with Gasteiger partial charge in [-0.15, -0.1) is 0 Å². The summed E-state index contributed by atoms with van der Waals surface area (Å²) in [7, 11) is 1.92. The van der Waals surface area contributed by atoms with Crippen LogP contribution in [0.25, 0.3) is 5.52 Å².